The molecule has 1 N–H and O–H groups in total. The molecule has 3 nitrogen and oxygen atoms in total. The smallest absolute Gasteiger partial charge is 0.115 e. The van der Waals surface area contributed by atoms with Crippen LogP contribution < -0.4 is 0 Å². The number of nitrogens with zero attached hydrogens (tertiary/aromatic N) is 2. The molecular formula is C17H30N2O. The van der Waals surface area contributed by atoms with Crippen LogP contribution in [0.2, 0.25) is 0 Å². The predicted octanol–water partition coefficient (Wildman–Crippen LogP) is 3.51. The van der Waals surface area contributed by atoms with Crippen LogP contribution in [0.15, 0.2) is 24.3 Å². The van der Waals surface area contributed by atoms with Gasteiger partial charge in [-0.15, -0.1) is 0 Å². The zero-order valence-corrected chi connectivity index (χ0v) is 13.5. The minimum Gasteiger partial charge on any atom is -0.508 e. The molecule has 1 aromatic carbocycles. The van der Waals surface area contributed by atoms with Crippen LogP contribution >= 0.6 is 0 Å². The van der Waals surface area contributed by atoms with Crippen molar-refractivity contribution in [3.8, 4) is 5.75 Å². The summed E-state index contributed by atoms with van der Waals surface area (Å²) in [5.74, 6) is 0.338. The van der Waals surface area contributed by atoms with Crippen molar-refractivity contribution in [2.45, 2.75) is 40.2 Å². The quantitative estimate of drug-likeness (QED) is 0.749. The third-order valence-corrected chi connectivity index (χ3v) is 4.14. The van der Waals surface area contributed by atoms with Gasteiger partial charge in [0.1, 0.15) is 5.75 Å². The lowest BCUT2D eigenvalue weighted by Crippen LogP contribution is -2.31. The van der Waals surface area contributed by atoms with Gasteiger partial charge < -0.3 is 10.0 Å². The van der Waals surface area contributed by atoms with Gasteiger partial charge in [0.05, 0.1) is 0 Å². The Morgan fingerprint density at radius 3 is 2.05 bits per heavy atom. The molecule has 0 aliphatic rings. The molecule has 20 heavy (non-hydrogen) atoms. The topological polar surface area (TPSA) is 26.7 Å². The molecule has 1 unspecified atom stereocenters. The molecule has 0 bridgehead atoms. The van der Waals surface area contributed by atoms with E-state index in [9.17, 15) is 5.11 Å². The molecule has 0 radical (unpaired) electrons. The van der Waals surface area contributed by atoms with Crippen molar-refractivity contribution in [2.24, 2.45) is 0 Å². The van der Waals surface area contributed by atoms with Crippen molar-refractivity contribution in [1.82, 2.24) is 9.80 Å². The lowest BCUT2D eigenvalue weighted by atomic mass is 10.1. The molecule has 0 amide bonds. The minimum atomic E-state index is 0.338. The number of rotatable bonds is 9. The monoisotopic (exact) mass is 278 g/mol. The fourth-order valence-corrected chi connectivity index (χ4v) is 2.63. The van der Waals surface area contributed by atoms with Crippen molar-refractivity contribution in [3.63, 3.8) is 0 Å². The van der Waals surface area contributed by atoms with E-state index < -0.39 is 0 Å². The SMILES string of the molecule is CCN(CC)CCCN(CC)C(C)c1ccc(O)cc1. The summed E-state index contributed by atoms with van der Waals surface area (Å²) in [5.41, 5.74) is 1.27. The minimum absolute atomic E-state index is 0.338. The molecule has 0 aliphatic carbocycles. The molecule has 0 aromatic heterocycles. The molecule has 0 heterocycles. The van der Waals surface area contributed by atoms with Gasteiger partial charge in [0.15, 0.2) is 0 Å². The van der Waals surface area contributed by atoms with Gasteiger partial charge in [-0.2, -0.15) is 0 Å². The highest BCUT2D eigenvalue weighted by molar-refractivity contribution is 5.27. The van der Waals surface area contributed by atoms with Gasteiger partial charge in [-0.05, 0) is 63.8 Å². The number of hydrogen-bond acceptors (Lipinski definition) is 3. The van der Waals surface area contributed by atoms with E-state index in [0.29, 0.717) is 11.8 Å². The maximum absolute atomic E-state index is 9.37. The first-order valence-electron chi connectivity index (χ1n) is 7.87. The first-order chi connectivity index (χ1) is 9.62. The second kappa shape index (κ2) is 8.98. The van der Waals surface area contributed by atoms with Gasteiger partial charge in [0.2, 0.25) is 0 Å². The summed E-state index contributed by atoms with van der Waals surface area (Å²) in [5, 5.41) is 9.37. The second-order valence-corrected chi connectivity index (χ2v) is 5.28. The third-order valence-electron chi connectivity index (χ3n) is 4.14. The first-order valence-corrected chi connectivity index (χ1v) is 7.87. The predicted molar refractivity (Wildman–Crippen MR) is 86.2 cm³/mol. The van der Waals surface area contributed by atoms with Crippen LogP contribution in [-0.2, 0) is 0 Å². The molecule has 1 atom stereocenters. The maximum atomic E-state index is 9.37. The molecular weight excluding hydrogens is 248 g/mol. The highest BCUT2D eigenvalue weighted by atomic mass is 16.3. The molecule has 0 spiro atoms. The summed E-state index contributed by atoms with van der Waals surface area (Å²) >= 11 is 0. The molecule has 0 saturated carbocycles. The Labute approximate surface area is 124 Å². The molecule has 1 aromatic rings. The van der Waals surface area contributed by atoms with Crippen LogP contribution in [0, 0.1) is 0 Å². The number of benzene rings is 1. The van der Waals surface area contributed by atoms with E-state index in [4.69, 9.17) is 0 Å². The Balaban J connectivity index is 2.50. The number of phenols is 1. The van der Waals surface area contributed by atoms with Crippen molar-refractivity contribution >= 4 is 0 Å². The summed E-state index contributed by atoms with van der Waals surface area (Å²) in [7, 11) is 0. The van der Waals surface area contributed by atoms with E-state index in [1.807, 2.05) is 12.1 Å². The Morgan fingerprint density at radius 1 is 0.950 bits per heavy atom. The molecule has 0 aliphatic heterocycles. The summed E-state index contributed by atoms with van der Waals surface area (Å²) in [4.78, 5) is 4.97. The van der Waals surface area contributed by atoms with E-state index in [0.717, 1.165) is 26.2 Å². The van der Waals surface area contributed by atoms with Crippen LogP contribution in [-0.4, -0.2) is 47.6 Å². The number of phenolic OH excluding ortho intramolecular Hbond substituents is 1. The second-order valence-electron chi connectivity index (χ2n) is 5.28. The Bertz CT molecular complexity index is 360. The molecule has 1 rings (SSSR count). The van der Waals surface area contributed by atoms with Gasteiger partial charge in [-0.3, -0.25) is 4.90 Å². The maximum Gasteiger partial charge on any atom is 0.115 e. The summed E-state index contributed by atoms with van der Waals surface area (Å²) in [6, 6.07) is 7.99. The van der Waals surface area contributed by atoms with Crippen LogP contribution in [0.1, 0.15) is 45.7 Å². The van der Waals surface area contributed by atoms with E-state index >= 15 is 0 Å². The van der Waals surface area contributed by atoms with Gasteiger partial charge in [0.25, 0.3) is 0 Å². The Morgan fingerprint density at radius 2 is 1.55 bits per heavy atom. The third kappa shape index (κ3) is 5.14. The van der Waals surface area contributed by atoms with Gasteiger partial charge in [-0.1, -0.05) is 32.9 Å². The molecule has 114 valence electrons. The van der Waals surface area contributed by atoms with Crippen LogP contribution in [0.3, 0.4) is 0 Å². The lowest BCUT2D eigenvalue weighted by molar-refractivity contribution is 0.200. The highest BCUT2D eigenvalue weighted by Gasteiger charge is 2.14. The average Bonchev–Trinajstić information content (AvgIpc) is 2.48. The van der Waals surface area contributed by atoms with Crippen LogP contribution in [0.5, 0.6) is 5.75 Å². The summed E-state index contributed by atoms with van der Waals surface area (Å²) in [6.07, 6.45) is 1.21. The van der Waals surface area contributed by atoms with E-state index in [2.05, 4.69) is 37.5 Å². The van der Waals surface area contributed by atoms with E-state index in [-0.39, 0.29) is 0 Å². The average molecular weight is 278 g/mol. The Hall–Kier alpha value is -1.06. The van der Waals surface area contributed by atoms with Crippen LogP contribution in [0.25, 0.3) is 0 Å². The summed E-state index contributed by atoms with van der Waals surface area (Å²) in [6.45, 7) is 14.5. The van der Waals surface area contributed by atoms with Crippen molar-refractivity contribution in [3.05, 3.63) is 29.8 Å². The fraction of sp³-hybridized carbons (Fsp3) is 0.647. The summed E-state index contributed by atoms with van der Waals surface area (Å²) < 4.78 is 0. The molecule has 3 heteroatoms. The highest BCUT2D eigenvalue weighted by Crippen LogP contribution is 2.22. The van der Waals surface area contributed by atoms with Crippen molar-refractivity contribution in [1.29, 1.82) is 0 Å². The molecule has 0 fully saturated rings. The van der Waals surface area contributed by atoms with E-state index in [1.165, 1.54) is 18.5 Å². The lowest BCUT2D eigenvalue weighted by Gasteiger charge is -2.29. The fourth-order valence-electron chi connectivity index (χ4n) is 2.63. The largest absolute Gasteiger partial charge is 0.508 e. The zero-order valence-electron chi connectivity index (χ0n) is 13.5. The number of aromatic hydroxyl groups is 1. The van der Waals surface area contributed by atoms with Crippen LogP contribution in [0.4, 0.5) is 0 Å². The van der Waals surface area contributed by atoms with Crippen molar-refractivity contribution < 1.29 is 5.11 Å². The zero-order chi connectivity index (χ0) is 15.0. The standard InChI is InChI=1S/C17H30N2O/c1-5-18(6-2)13-8-14-19(7-3)15(4)16-9-11-17(20)12-10-16/h9-12,15,20H,5-8,13-14H2,1-4H3. The van der Waals surface area contributed by atoms with Gasteiger partial charge in [-0.25, -0.2) is 0 Å². The number of hydrogen-bond donors (Lipinski definition) is 1. The van der Waals surface area contributed by atoms with Crippen molar-refractivity contribution in [2.75, 3.05) is 32.7 Å². The molecule has 0 saturated heterocycles. The van der Waals surface area contributed by atoms with E-state index in [1.54, 1.807) is 12.1 Å². The Kier molecular flexibility index (Phi) is 7.63. The first kappa shape index (κ1) is 17.0. The normalized spacial score (nSPS) is 13.1. The van der Waals surface area contributed by atoms with Gasteiger partial charge in [0, 0.05) is 6.04 Å². The van der Waals surface area contributed by atoms with Gasteiger partial charge >= 0.3 is 0 Å².